The SMILES string of the molecule is CC(C)CCOCCN1CCOCC1. The predicted molar refractivity (Wildman–Crippen MR) is 57.5 cm³/mol. The summed E-state index contributed by atoms with van der Waals surface area (Å²) in [7, 11) is 0. The van der Waals surface area contributed by atoms with E-state index in [1.165, 1.54) is 6.42 Å². The summed E-state index contributed by atoms with van der Waals surface area (Å²) in [6.45, 7) is 11.2. The Morgan fingerprint density at radius 3 is 2.57 bits per heavy atom. The van der Waals surface area contributed by atoms with Crippen LogP contribution in [0.2, 0.25) is 0 Å². The highest BCUT2D eigenvalue weighted by Gasteiger charge is 2.09. The van der Waals surface area contributed by atoms with Gasteiger partial charge in [-0.05, 0) is 12.3 Å². The van der Waals surface area contributed by atoms with Gasteiger partial charge in [-0.3, -0.25) is 4.90 Å². The highest BCUT2D eigenvalue weighted by atomic mass is 16.5. The van der Waals surface area contributed by atoms with Crippen LogP contribution in [0.25, 0.3) is 0 Å². The normalized spacial score (nSPS) is 19.1. The van der Waals surface area contributed by atoms with E-state index in [0.29, 0.717) is 0 Å². The van der Waals surface area contributed by atoms with Crippen molar-refractivity contribution >= 4 is 0 Å². The fourth-order valence-electron chi connectivity index (χ4n) is 1.44. The molecule has 0 amide bonds. The van der Waals surface area contributed by atoms with Crippen LogP contribution < -0.4 is 0 Å². The number of rotatable bonds is 6. The molecule has 0 radical (unpaired) electrons. The van der Waals surface area contributed by atoms with E-state index in [4.69, 9.17) is 9.47 Å². The molecule has 1 aliphatic heterocycles. The van der Waals surface area contributed by atoms with Crippen LogP contribution in [0.3, 0.4) is 0 Å². The highest BCUT2D eigenvalue weighted by Crippen LogP contribution is 2.00. The Balaban J connectivity index is 1.87. The van der Waals surface area contributed by atoms with Gasteiger partial charge in [-0.2, -0.15) is 0 Å². The number of hydrogen-bond acceptors (Lipinski definition) is 3. The largest absolute Gasteiger partial charge is 0.380 e. The summed E-state index contributed by atoms with van der Waals surface area (Å²) in [5.41, 5.74) is 0. The van der Waals surface area contributed by atoms with Crippen LogP contribution in [-0.4, -0.2) is 51.0 Å². The van der Waals surface area contributed by atoms with Crippen molar-refractivity contribution in [3.05, 3.63) is 0 Å². The van der Waals surface area contributed by atoms with Gasteiger partial charge in [-0.1, -0.05) is 13.8 Å². The number of hydrogen-bond donors (Lipinski definition) is 0. The number of ether oxygens (including phenoxy) is 2. The van der Waals surface area contributed by atoms with E-state index in [9.17, 15) is 0 Å². The van der Waals surface area contributed by atoms with Crippen molar-refractivity contribution in [1.82, 2.24) is 4.90 Å². The van der Waals surface area contributed by atoms with Crippen molar-refractivity contribution in [3.8, 4) is 0 Å². The molecule has 0 aliphatic carbocycles. The van der Waals surface area contributed by atoms with E-state index < -0.39 is 0 Å². The van der Waals surface area contributed by atoms with Gasteiger partial charge in [-0.15, -0.1) is 0 Å². The Kier molecular flexibility index (Phi) is 6.15. The summed E-state index contributed by atoms with van der Waals surface area (Å²) in [6, 6.07) is 0. The molecule has 0 aromatic carbocycles. The highest BCUT2D eigenvalue weighted by molar-refractivity contribution is 4.60. The molecular formula is C11H23NO2. The second-order valence-electron chi connectivity index (χ2n) is 4.25. The Morgan fingerprint density at radius 1 is 1.21 bits per heavy atom. The molecule has 0 atom stereocenters. The van der Waals surface area contributed by atoms with E-state index in [1.54, 1.807) is 0 Å². The first-order valence-corrected chi connectivity index (χ1v) is 5.67. The lowest BCUT2D eigenvalue weighted by Crippen LogP contribution is -2.38. The Labute approximate surface area is 87.4 Å². The third kappa shape index (κ3) is 5.58. The molecule has 0 saturated carbocycles. The summed E-state index contributed by atoms with van der Waals surface area (Å²) < 4.78 is 10.8. The first-order chi connectivity index (χ1) is 6.79. The van der Waals surface area contributed by atoms with Crippen LogP contribution in [0.1, 0.15) is 20.3 Å². The van der Waals surface area contributed by atoms with Crippen molar-refractivity contribution < 1.29 is 9.47 Å². The minimum atomic E-state index is 0.749. The topological polar surface area (TPSA) is 21.7 Å². The molecule has 1 saturated heterocycles. The standard InChI is InChI=1S/C11H23NO2/c1-11(2)3-7-13-8-4-12-5-9-14-10-6-12/h11H,3-10H2,1-2H3. The van der Waals surface area contributed by atoms with Crippen LogP contribution >= 0.6 is 0 Å². The number of morpholine rings is 1. The monoisotopic (exact) mass is 201 g/mol. The maximum Gasteiger partial charge on any atom is 0.0594 e. The molecule has 0 aromatic rings. The van der Waals surface area contributed by atoms with Crippen LogP contribution in [0, 0.1) is 5.92 Å². The maximum atomic E-state index is 5.56. The molecule has 0 spiro atoms. The van der Waals surface area contributed by atoms with Crippen LogP contribution in [0.5, 0.6) is 0 Å². The van der Waals surface area contributed by atoms with E-state index in [1.807, 2.05) is 0 Å². The molecule has 0 unspecified atom stereocenters. The lowest BCUT2D eigenvalue weighted by Gasteiger charge is -2.26. The van der Waals surface area contributed by atoms with Gasteiger partial charge in [-0.25, -0.2) is 0 Å². The van der Waals surface area contributed by atoms with Gasteiger partial charge in [0.1, 0.15) is 0 Å². The predicted octanol–water partition coefficient (Wildman–Crippen LogP) is 1.38. The maximum absolute atomic E-state index is 5.56. The van der Waals surface area contributed by atoms with Gasteiger partial charge >= 0.3 is 0 Å². The third-order valence-corrected chi connectivity index (χ3v) is 2.50. The summed E-state index contributed by atoms with van der Waals surface area (Å²) in [5.74, 6) is 0.749. The van der Waals surface area contributed by atoms with Gasteiger partial charge in [0.05, 0.1) is 19.8 Å². The first kappa shape index (κ1) is 12.0. The van der Waals surface area contributed by atoms with Gasteiger partial charge in [0.25, 0.3) is 0 Å². The van der Waals surface area contributed by atoms with E-state index in [-0.39, 0.29) is 0 Å². The molecule has 1 aliphatic rings. The average Bonchev–Trinajstić information content (AvgIpc) is 2.18. The van der Waals surface area contributed by atoms with Crippen LogP contribution in [0.4, 0.5) is 0 Å². The Bertz CT molecular complexity index is 133. The molecule has 1 rings (SSSR count). The average molecular weight is 201 g/mol. The molecule has 1 heterocycles. The van der Waals surface area contributed by atoms with Crippen LogP contribution in [-0.2, 0) is 9.47 Å². The molecule has 84 valence electrons. The Morgan fingerprint density at radius 2 is 1.93 bits per heavy atom. The van der Waals surface area contributed by atoms with Crippen molar-refractivity contribution in [2.24, 2.45) is 5.92 Å². The minimum Gasteiger partial charge on any atom is -0.380 e. The van der Waals surface area contributed by atoms with Crippen LogP contribution in [0.15, 0.2) is 0 Å². The molecule has 1 fully saturated rings. The molecule has 0 aromatic heterocycles. The zero-order chi connectivity index (χ0) is 10.2. The third-order valence-electron chi connectivity index (χ3n) is 2.50. The quantitative estimate of drug-likeness (QED) is 0.606. The summed E-state index contributed by atoms with van der Waals surface area (Å²) >= 11 is 0. The minimum absolute atomic E-state index is 0.749. The fourth-order valence-corrected chi connectivity index (χ4v) is 1.44. The van der Waals surface area contributed by atoms with Gasteiger partial charge in [0, 0.05) is 26.2 Å². The van der Waals surface area contributed by atoms with E-state index in [2.05, 4.69) is 18.7 Å². The molecule has 3 heteroatoms. The smallest absolute Gasteiger partial charge is 0.0594 e. The lowest BCUT2D eigenvalue weighted by atomic mass is 10.1. The summed E-state index contributed by atoms with van der Waals surface area (Å²) in [4.78, 5) is 2.40. The van der Waals surface area contributed by atoms with Gasteiger partial charge in [0.15, 0.2) is 0 Å². The van der Waals surface area contributed by atoms with Gasteiger partial charge in [0.2, 0.25) is 0 Å². The van der Waals surface area contributed by atoms with Crippen molar-refractivity contribution in [1.29, 1.82) is 0 Å². The molecule has 3 nitrogen and oxygen atoms in total. The van der Waals surface area contributed by atoms with E-state index >= 15 is 0 Å². The Hall–Kier alpha value is -0.120. The summed E-state index contributed by atoms with van der Waals surface area (Å²) in [5, 5.41) is 0. The van der Waals surface area contributed by atoms with Crippen molar-refractivity contribution in [2.45, 2.75) is 20.3 Å². The summed E-state index contributed by atoms with van der Waals surface area (Å²) in [6.07, 6.45) is 1.17. The molecular weight excluding hydrogens is 178 g/mol. The first-order valence-electron chi connectivity index (χ1n) is 5.67. The number of nitrogens with zero attached hydrogens (tertiary/aromatic N) is 1. The zero-order valence-corrected chi connectivity index (χ0v) is 9.50. The van der Waals surface area contributed by atoms with Crippen molar-refractivity contribution in [3.63, 3.8) is 0 Å². The second kappa shape index (κ2) is 7.21. The fraction of sp³-hybridized carbons (Fsp3) is 1.00. The zero-order valence-electron chi connectivity index (χ0n) is 9.50. The molecule has 14 heavy (non-hydrogen) atoms. The van der Waals surface area contributed by atoms with E-state index in [0.717, 1.165) is 52.0 Å². The van der Waals surface area contributed by atoms with Gasteiger partial charge < -0.3 is 9.47 Å². The second-order valence-corrected chi connectivity index (χ2v) is 4.25. The van der Waals surface area contributed by atoms with Crippen molar-refractivity contribution in [2.75, 3.05) is 46.1 Å². The lowest BCUT2D eigenvalue weighted by molar-refractivity contribution is 0.0194. The molecule has 0 bridgehead atoms. The molecule has 0 N–H and O–H groups in total.